The lowest BCUT2D eigenvalue weighted by Crippen LogP contribution is -2.32. The molecule has 128 valence electrons. The molecule has 3 heterocycles. The fraction of sp³-hybridized carbons (Fsp3) is 0.263. The van der Waals surface area contributed by atoms with Gasteiger partial charge in [-0.2, -0.15) is 0 Å². The highest BCUT2D eigenvalue weighted by Gasteiger charge is 2.36. The van der Waals surface area contributed by atoms with Crippen LogP contribution in [0.4, 0.5) is 0 Å². The minimum Gasteiger partial charge on any atom is -0.497 e. The Morgan fingerprint density at radius 1 is 1.32 bits per heavy atom. The number of hydrogen-bond donors (Lipinski definition) is 1. The molecule has 1 aliphatic heterocycles. The number of pyridine rings is 1. The predicted molar refractivity (Wildman–Crippen MR) is 92.6 cm³/mol. The molecule has 0 unspecified atom stereocenters. The minimum atomic E-state index is -0.530. The van der Waals surface area contributed by atoms with Crippen molar-refractivity contribution in [3.8, 4) is 5.75 Å². The zero-order valence-electron chi connectivity index (χ0n) is 13.9. The number of methoxy groups -OCH3 is 1. The van der Waals surface area contributed by atoms with E-state index in [0.29, 0.717) is 18.5 Å². The number of aliphatic hydroxyl groups is 1. The zero-order chi connectivity index (χ0) is 17.4. The largest absolute Gasteiger partial charge is 0.497 e. The summed E-state index contributed by atoms with van der Waals surface area (Å²) in [4.78, 5) is 18.9. The molecule has 1 aliphatic rings. The Bertz CT molecular complexity index is 921. The van der Waals surface area contributed by atoms with Crippen LogP contribution in [0.2, 0.25) is 0 Å². The summed E-state index contributed by atoms with van der Waals surface area (Å²) >= 11 is 0. The minimum absolute atomic E-state index is 0.0973. The second kappa shape index (κ2) is 6.22. The van der Waals surface area contributed by atoms with Crippen LogP contribution >= 0.6 is 0 Å². The van der Waals surface area contributed by atoms with E-state index in [1.807, 2.05) is 34.7 Å². The summed E-state index contributed by atoms with van der Waals surface area (Å²) in [5.74, 6) is 0.645. The molecule has 4 rings (SSSR count). The Kier molecular flexibility index (Phi) is 3.89. The number of aromatic nitrogens is 2. The lowest BCUT2D eigenvalue weighted by Gasteiger charge is -2.25. The molecule has 1 N–H and O–H groups in total. The molecule has 6 nitrogen and oxygen atoms in total. The van der Waals surface area contributed by atoms with Gasteiger partial charge in [0, 0.05) is 12.7 Å². The molecule has 1 amide bonds. The molecule has 1 fully saturated rings. The van der Waals surface area contributed by atoms with E-state index in [0.717, 1.165) is 16.8 Å². The molecule has 0 saturated carbocycles. The molecule has 1 saturated heterocycles. The first-order valence-electron chi connectivity index (χ1n) is 8.20. The highest BCUT2D eigenvalue weighted by Crippen LogP contribution is 2.34. The molecular weight excluding hydrogens is 318 g/mol. The van der Waals surface area contributed by atoms with Gasteiger partial charge >= 0.3 is 0 Å². The van der Waals surface area contributed by atoms with Crippen LogP contribution in [-0.4, -0.2) is 45.1 Å². The van der Waals surface area contributed by atoms with Gasteiger partial charge in [-0.05, 0) is 36.2 Å². The van der Waals surface area contributed by atoms with Crippen molar-refractivity contribution in [1.29, 1.82) is 0 Å². The Hall–Kier alpha value is -2.86. The van der Waals surface area contributed by atoms with Crippen LogP contribution in [0.1, 0.15) is 28.4 Å². The van der Waals surface area contributed by atoms with Crippen LogP contribution in [0.5, 0.6) is 5.75 Å². The van der Waals surface area contributed by atoms with Crippen molar-refractivity contribution in [3.63, 3.8) is 0 Å². The first kappa shape index (κ1) is 15.7. The van der Waals surface area contributed by atoms with Gasteiger partial charge in [-0.25, -0.2) is 4.98 Å². The van der Waals surface area contributed by atoms with Crippen molar-refractivity contribution in [1.82, 2.24) is 14.3 Å². The summed E-state index contributed by atoms with van der Waals surface area (Å²) in [6.07, 6.45) is 5.18. The van der Waals surface area contributed by atoms with E-state index in [4.69, 9.17) is 4.74 Å². The average molecular weight is 337 g/mol. The second-order valence-electron chi connectivity index (χ2n) is 6.28. The van der Waals surface area contributed by atoms with Gasteiger partial charge in [-0.3, -0.25) is 4.79 Å². The van der Waals surface area contributed by atoms with Crippen molar-refractivity contribution in [2.75, 3.05) is 13.7 Å². The van der Waals surface area contributed by atoms with E-state index >= 15 is 0 Å². The van der Waals surface area contributed by atoms with Crippen molar-refractivity contribution in [3.05, 3.63) is 66.2 Å². The number of carbonyl (C=O) groups is 1. The Morgan fingerprint density at radius 3 is 3.04 bits per heavy atom. The number of β-amino-alcohol motifs (C(OH)–C–C–N with tert-alkyl or cyclic N) is 1. The van der Waals surface area contributed by atoms with E-state index in [1.54, 1.807) is 36.8 Å². The molecule has 0 bridgehead atoms. The van der Waals surface area contributed by atoms with E-state index in [2.05, 4.69) is 4.98 Å². The summed E-state index contributed by atoms with van der Waals surface area (Å²) in [6, 6.07) is 11.1. The molecule has 0 spiro atoms. The summed E-state index contributed by atoms with van der Waals surface area (Å²) < 4.78 is 7.10. The average Bonchev–Trinajstić information content (AvgIpc) is 3.26. The number of aliphatic hydroxyl groups excluding tert-OH is 1. The smallest absolute Gasteiger partial charge is 0.255 e. The molecule has 3 aromatic rings. The van der Waals surface area contributed by atoms with Crippen LogP contribution in [0, 0.1) is 0 Å². The Balaban J connectivity index is 1.67. The number of carbonyl (C=O) groups excluding carboxylic acids is 1. The fourth-order valence-corrected chi connectivity index (χ4v) is 3.42. The third kappa shape index (κ3) is 2.85. The molecule has 0 aliphatic carbocycles. The number of amides is 1. The predicted octanol–water partition coefficient (Wildman–Crippen LogP) is 2.29. The van der Waals surface area contributed by atoms with Gasteiger partial charge in [0.05, 0.1) is 42.9 Å². The standard InChI is InChI=1S/C19H19N3O3/c1-25-17-4-2-3-13(7-17)18-8-16(23)11-22(18)19(24)14-5-6-15-9-20-12-21(15)10-14/h2-7,9-10,12,16,18,23H,8,11H2,1H3/t16-,18-/m1/s1. The maximum absolute atomic E-state index is 13.0. The van der Waals surface area contributed by atoms with E-state index < -0.39 is 6.10 Å². The van der Waals surface area contributed by atoms with Crippen molar-refractivity contribution in [2.45, 2.75) is 18.6 Å². The maximum atomic E-state index is 13.0. The molecule has 6 heteroatoms. The number of hydrogen-bond acceptors (Lipinski definition) is 4. The number of rotatable bonds is 3. The molecule has 2 aromatic heterocycles. The normalized spacial score (nSPS) is 20.2. The lowest BCUT2D eigenvalue weighted by molar-refractivity contribution is 0.0715. The molecule has 0 radical (unpaired) electrons. The van der Waals surface area contributed by atoms with Gasteiger partial charge in [0.25, 0.3) is 5.91 Å². The number of imidazole rings is 1. The van der Waals surface area contributed by atoms with E-state index in [-0.39, 0.29) is 11.9 Å². The Morgan fingerprint density at radius 2 is 2.20 bits per heavy atom. The summed E-state index contributed by atoms with van der Waals surface area (Å²) in [7, 11) is 1.62. The quantitative estimate of drug-likeness (QED) is 0.796. The Labute approximate surface area is 145 Å². The van der Waals surface area contributed by atoms with Crippen LogP contribution in [0.25, 0.3) is 5.52 Å². The van der Waals surface area contributed by atoms with Crippen molar-refractivity contribution in [2.24, 2.45) is 0 Å². The highest BCUT2D eigenvalue weighted by atomic mass is 16.5. The van der Waals surface area contributed by atoms with Gasteiger partial charge in [-0.1, -0.05) is 12.1 Å². The first-order chi connectivity index (χ1) is 12.2. The topological polar surface area (TPSA) is 67.1 Å². The number of ether oxygens (including phenoxy) is 1. The highest BCUT2D eigenvalue weighted by molar-refractivity contribution is 5.94. The van der Waals surface area contributed by atoms with Crippen LogP contribution in [0.15, 0.2) is 55.1 Å². The fourth-order valence-electron chi connectivity index (χ4n) is 3.42. The number of likely N-dealkylation sites (tertiary alicyclic amines) is 1. The second-order valence-corrected chi connectivity index (χ2v) is 6.28. The van der Waals surface area contributed by atoms with Crippen LogP contribution in [0.3, 0.4) is 0 Å². The van der Waals surface area contributed by atoms with Gasteiger partial charge in [0.2, 0.25) is 0 Å². The third-order valence-corrected chi connectivity index (χ3v) is 4.67. The molecule has 2 atom stereocenters. The molecular formula is C19H19N3O3. The van der Waals surface area contributed by atoms with Gasteiger partial charge < -0.3 is 19.1 Å². The van der Waals surface area contributed by atoms with Gasteiger partial charge in [-0.15, -0.1) is 0 Å². The SMILES string of the molecule is COc1cccc([C@H]2C[C@@H](O)CN2C(=O)c2ccc3cncn3c2)c1. The number of fused-ring (bicyclic) bond motifs is 1. The van der Waals surface area contributed by atoms with Crippen molar-refractivity contribution < 1.29 is 14.6 Å². The van der Waals surface area contributed by atoms with Gasteiger partial charge in [0.1, 0.15) is 5.75 Å². The summed E-state index contributed by atoms with van der Waals surface area (Å²) in [6.45, 7) is 0.322. The molecule has 1 aromatic carbocycles. The zero-order valence-corrected chi connectivity index (χ0v) is 13.9. The van der Waals surface area contributed by atoms with Crippen LogP contribution in [-0.2, 0) is 0 Å². The summed E-state index contributed by atoms with van der Waals surface area (Å²) in [5, 5.41) is 10.2. The third-order valence-electron chi connectivity index (χ3n) is 4.67. The monoisotopic (exact) mass is 337 g/mol. The van der Waals surface area contributed by atoms with E-state index in [9.17, 15) is 9.90 Å². The van der Waals surface area contributed by atoms with Crippen LogP contribution < -0.4 is 4.74 Å². The molecule has 25 heavy (non-hydrogen) atoms. The van der Waals surface area contributed by atoms with E-state index in [1.165, 1.54) is 0 Å². The first-order valence-corrected chi connectivity index (χ1v) is 8.20. The number of nitrogens with zero attached hydrogens (tertiary/aromatic N) is 3. The maximum Gasteiger partial charge on any atom is 0.255 e. The van der Waals surface area contributed by atoms with Crippen molar-refractivity contribution >= 4 is 11.4 Å². The number of benzene rings is 1. The lowest BCUT2D eigenvalue weighted by atomic mass is 10.0. The summed E-state index contributed by atoms with van der Waals surface area (Å²) in [5.41, 5.74) is 2.47. The van der Waals surface area contributed by atoms with Gasteiger partial charge in [0.15, 0.2) is 0 Å².